The molecule has 0 radical (unpaired) electrons. The van der Waals surface area contributed by atoms with Crippen molar-refractivity contribution in [3.8, 4) is 0 Å². The van der Waals surface area contributed by atoms with Gasteiger partial charge in [-0.05, 0) is 25.5 Å². The van der Waals surface area contributed by atoms with Gasteiger partial charge < -0.3 is 10.6 Å². The summed E-state index contributed by atoms with van der Waals surface area (Å²) < 4.78 is -1.64. The van der Waals surface area contributed by atoms with Gasteiger partial charge in [-0.15, -0.1) is 0 Å². The molecule has 1 aromatic rings. The molecule has 1 rings (SSSR count). The topological polar surface area (TPSA) is 41.1 Å². The number of hydrogen-bond donors (Lipinski definition) is 2. The quantitative estimate of drug-likeness (QED) is 0.334. The lowest BCUT2D eigenvalue weighted by Crippen LogP contribution is -2.49. The molecule has 1 aromatic carbocycles. The Hall–Kier alpha value is -0.640. The van der Waals surface area contributed by atoms with E-state index in [-0.39, 0.29) is 5.91 Å². The van der Waals surface area contributed by atoms with Gasteiger partial charge in [0, 0.05) is 12.1 Å². The van der Waals surface area contributed by atoms with Crippen LogP contribution in [0.4, 0.5) is 5.69 Å². The monoisotopic (exact) mass is 378 g/mol. The molecule has 0 aliphatic rings. The molecule has 23 heavy (non-hydrogen) atoms. The molecule has 0 fully saturated rings. The second-order valence-electron chi connectivity index (χ2n) is 5.72. The van der Waals surface area contributed by atoms with Gasteiger partial charge in [-0.1, -0.05) is 85.1 Å². The van der Waals surface area contributed by atoms with Crippen LogP contribution in [-0.2, 0) is 4.79 Å². The molecule has 1 amide bonds. The number of amides is 1. The zero-order valence-electron chi connectivity index (χ0n) is 13.7. The van der Waals surface area contributed by atoms with Crippen molar-refractivity contribution in [3.05, 3.63) is 29.8 Å². The fourth-order valence-corrected chi connectivity index (χ4v) is 2.47. The van der Waals surface area contributed by atoms with Crippen LogP contribution in [0.5, 0.6) is 0 Å². The number of unbranched alkanes of at least 4 members (excludes halogenated alkanes) is 4. The molecule has 1 atom stereocenters. The van der Waals surface area contributed by atoms with Crippen LogP contribution < -0.4 is 10.6 Å². The van der Waals surface area contributed by atoms with E-state index in [4.69, 9.17) is 34.8 Å². The molecule has 6 heteroatoms. The van der Waals surface area contributed by atoms with Gasteiger partial charge in [-0.3, -0.25) is 4.79 Å². The summed E-state index contributed by atoms with van der Waals surface area (Å²) in [5.74, 6) is -0.113. The minimum atomic E-state index is -1.64. The maximum Gasteiger partial charge on any atom is 0.228 e. The van der Waals surface area contributed by atoms with Crippen LogP contribution in [0.2, 0.25) is 0 Å². The maximum absolute atomic E-state index is 12.1. The molecule has 0 unspecified atom stereocenters. The van der Waals surface area contributed by atoms with E-state index in [0.29, 0.717) is 6.42 Å². The average molecular weight is 380 g/mol. The molecule has 0 aromatic heterocycles. The number of carbonyl (C=O) groups excluding carboxylic acids is 1. The van der Waals surface area contributed by atoms with Crippen molar-refractivity contribution >= 4 is 46.4 Å². The Kier molecular flexibility index (Phi) is 9.11. The third kappa shape index (κ3) is 8.69. The number of rotatable bonds is 9. The molecule has 3 nitrogen and oxygen atoms in total. The van der Waals surface area contributed by atoms with Crippen molar-refractivity contribution in [1.82, 2.24) is 5.32 Å². The summed E-state index contributed by atoms with van der Waals surface area (Å²) in [6.07, 6.45) is 5.09. The van der Waals surface area contributed by atoms with Crippen molar-refractivity contribution in [2.24, 2.45) is 0 Å². The molecular weight excluding hydrogens is 355 g/mol. The van der Waals surface area contributed by atoms with E-state index in [1.807, 2.05) is 31.2 Å². The lowest BCUT2D eigenvalue weighted by molar-refractivity contribution is -0.121. The first-order valence-corrected chi connectivity index (χ1v) is 9.15. The number of carbonyl (C=O) groups is 1. The summed E-state index contributed by atoms with van der Waals surface area (Å²) in [4.78, 5) is 12.1. The molecular formula is C17H25Cl3N2O. The third-order valence-corrected chi connectivity index (χ3v) is 4.16. The molecule has 0 bridgehead atoms. The Morgan fingerprint density at radius 2 is 1.70 bits per heavy atom. The van der Waals surface area contributed by atoms with Crippen LogP contribution in [0, 0.1) is 6.92 Å². The number of hydrogen-bond acceptors (Lipinski definition) is 2. The van der Waals surface area contributed by atoms with Crippen LogP contribution in [-0.4, -0.2) is 15.9 Å². The largest absolute Gasteiger partial charge is 0.362 e. The van der Waals surface area contributed by atoms with E-state index < -0.39 is 9.96 Å². The van der Waals surface area contributed by atoms with Gasteiger partial charge in [0.15, 0.2) is 0 Å². The second kappa shape index (κ2) is 10.3. The normalized spacial score (nSPS) is 12.7. The number of nitrogens with one attached hydrogen (secondary N) is 2. The highest BCUT2D eigenvalue weighted by atomic mass is 35.6. The van der Waals surface area contributed by atoms with Crippen LogP contribution >= 0.6 is 34.8 Å². The molecule has 0 aliphatic heterocycles. The van der Waals surface area contributed by atoms with Gasteiger partial charge in [0.25, 0.3) is 0 Å². The van der Waals surface area contributed by atoms with E-state index in [2.05, 4.69) is 17.6 Å². The summed E-state index contributed by atoms with van der Waals surface area (Å²) in [6, 6.07) is 7.67. The van der Waals surface area contributed by atoms with Crippen LogP contribution in [0.15, 0.2) is 24.3 Å². The van der Waals surface area contributed by atoms with Crippen molar-refractivity contribution in [2.45, 2.75) is 62.3 Å². The zero-order valence-corrected chi connectivity index (χ0v) is 15.9. The van der Waals surface area contributed by atoms with Crippen molar-refractivity contribution < 1.29 is 4.79 Å². The van der Waals surface area contributed by atoms with E-state index in [1.165, 1.54) is 12.8 Å². The van der Waals surface area contributed by atoms with Gasteiger partial charge in [0.05, 0.1) is 0 Å². The van der Waals surface area contributed by atoms with Crippen LogP contribution in [0.1, 0.15) is 51.0 Å². The van der Waals surface area contributed by atoms with Gasteiger partial charge in [0.2, 0.25) is 9.70 Å². The van der Waals surface area contributed by atoms with Crippen molar-refractivity contribution in [1.29, 1.82) is 0 Å². The van der Waals surface area contributed by atoms with Gasteiger partial charge in [-0.2, -0.15) is 0 Å². The first-order chi connectivity index (χ1) is 10.8. The lowest BCUT2D eigenvalue weighted by atomic mass is 10.1. The minimum Gasteiger partial charge on any atom is -0.362 e. The number of anilines is 1. The van der Waals surface area contributed by atoms with E-state index in [1.54, 1.807) is 0 Å². The molecule has 130 valence electrons. The molecule has 0 heterocycles. The van der Waals surface area contributed by atoms with Gasteiger partial charge >= 0.3 is 0 Å². The molecule has 0 spiro atoms. The summed E-state index contributed by atoms with van der Waals surface area (Å²) in [5.41, 5.74) is 1.92. The van der Waals surface area contributed by atoms with Gasteiger partial charge in [-0.25, -0.2) is 0 Å². The van der Waals surface area contributed by atoms with Gasteiger partial charge in [0.1, 0.15) is 6.17 Å². The Labute approximate surface area is 154 Å². The Bertz CT molecular complexity index is 472. The van der Waals surface area contributed by atoms with E-state index >= 15 is 0 Å². The van der Waals surface area contributed by atoms with Crippen molar-refractivity contribution in [3.63, 3.8) is 0 Å². The zero-order chi connectivity index (χ0) is 17.3. The highest BCUT2D eigenvalue weighted by Crippen LogP contribution is 2.31. The smallest absolute Gasteiger partial charge is 0.228 e. The van der Waals surface area contributed by atoms with Crippen molar-refractivity contribution in [2.75, 3.05) is 5.32 Å². The Morgan fingerprint density at radius 1 is 1.09 bits per heavy atom. The first-order valence-electron chi connectivity index (χ1n) is 8.02. The minimum absolute atomic E-state index is 0.113. The number of aryl methyl sites for hydroxylation is 1. The molecule has 2 N–H and O–H groups in total. The molecule has 0 aliphatic carbocycles. The fourth-order valence-electron chi connectivity index (χ4n) is 2.14. The number of halogens is 3. The standard InChI is InChI=1S/C17H25Cl3N2O/c1-3-4-5-6-7-8-15(23)22-16(17(18,19)20)21-14-11-9-13(2)10-12-14/h9-12,16,21H,3-8H2,1-2H3,(H,22,23)/t16-/m1/s1. The molecule has 0 saturated carbocycles. The predicted molar refractivity (Wildman–Crippen MR) is 100 cm³/mol. The molecule has 0 saturated heterocycles. The average Bonchev–Trinajstić information content (AvgIpc) is 2.47. The summed E-state index contributed by atoms with van der Waals surface area (Å²) in [7, 11) is 0. The number of benzene rings is 1. The highest BCUT2D eigenvalue weighted by molar-refractivity contribution is 6.68. The Balaban J connectivity index is 2.51. The summed E-state index contributed by atoms with van der Waals surface area (Å²) in [6.45, 7) is 4.16. The third-order valence-electron chi connectivity index (χ3n) is 3.50. The van der Waals surface area contributed by atoms with Crippen LogP contribution in [0.25, 0.3) is 0 Å². The number of alkyl halides is 3. The van der Waals surface area contributed by atoms with E-state index in [9.17, 15) is 4.79 Å². The Morgan fingerprint density at radius 3 is 2.26 bits per heavy atom. The summed E-state index contributed by atoms with van der Waals surface area (Å²) >= 11 is 17.9. The maximum atomic E-state index is 12.1. The van der Waals surface area contributed by atoms with Crippen LogP contribution in [0.3, 0.4) is 0 Å². The fraction of sp³-hybridized carbons (Fsp3) is 0.588. The summed E-state index contributed by atoms with van der Waals surface area (Å²) in [5, 5.41) is 5.83. The highest BCUT2D eigenvalue weighted by Gasteiger charge is 2.33. The first kappa shape index (κ1) is 20.4. The second-order valence-corrected chi connectivity index (χ2v) is 8.09. The lowest BCUT2D eigenvalue weighted by Gasteiger charge is -2.27. The van der Waals surface area contributed by atoms with E-state index in [0.717, 1.165) is 30.5 Å². The SMILES string of the molecule is CCCCCCCC(=O)N[C@@H](Nc1ccc(C)cc1)C(Cl)(Cl)Cl. The predicted octanol–water partition coefficient (Wildman–Crippen LogP) is 5.58.